The van der Waals surface area contributed by atoms with Gasteiger partial charge >= 0.3 is 0 Å². The lowest BCUT2D eigenvalue weighted by atomic mass is 10.1. The summed E-state index contributed by atoms with van der Waals surface area (Å²) < 4.78 is 13.2. The van der Waals surface area contributed by atoms with E-state index in [-0.39, 0.29) is 5.82 Å². The first-order valence-electron chi connectivity index (χ1n) is 6.20. The van der Waals surface area contributed by atoms with Crippen molar-refractivity contribution in [3.8, 4) is 0 Å². The van der Waals surface area contributed by atoms with Gasteiger partial charge in [-0.1, -0.05) is 24.4 Å². The van der Waals surface area contributed by atoms with Crippen molar-refractivity contribution in [1.82, 2.24) is 4.98 Å². The van der Waals surface area contributed by atoms with E-state index in [1.807, 2.05) is 31.0 Å². The van der Waals surface area contributed by atoms with Crippen LogP contribution >= 0.6 is 12.2 Å². The summed E-state index contributed by atoms with van der Waals surface area (Å²) in [6.07, 6.45) is 1.72. The Hall–Kier alpha value is -2.01. The molecule has 5 heteroatoms. The van der Waals surface area contributed by atoms with Crippen LogP contribution in [0, 0.1) is 12.7 Å². The van der Waals surface area contributed by atoms with Gasteiger partial charge in [0, 0.05) is 19.8 Å². The van der Waals surface area contributed by atoms with Crippen molar-refractivity contribution < 1.29 is 4.39 Å². The number of thiocarbonyl (C=S) groups is 1. The quantitative estimate of drug-likeness (QED) is 0.879. The fourth-order valence-electron chi connectivity index (χ4n) is 2.12. The molecular weight excluding hydrogens is 273 g/mol. The fraction of sp³-hybridized carbons (Fsp3) is 0.200. The lowest BCUT2D eigenvalue weighted by Crippen LogP contribution is -2.23. The maximum atomic E-state index is 13.2. The standard InChI is InChI=1S/C15H16FN3S/c1-10-6-7-18-15(13(10)14(17)20)19(2)9-11-4-3-5-12(16)8-11/h3-8H,9H2,1-2H3,(H2,17,20). The third-order valence-electron chi connectivity index (χ3n) is 3.06. The van der Waals surface area contributed by atoms with Crippen LogP contribution in [0.2, 0.25) is 0 Å². The predicted octanol–water partition coefficient (Wildman–Crippen LogP) is 2.80. The Balaban J connectivity index is 2.32. The summed E-state index contributed by atoms with van der Waals surface area (Å²) in [5.74, 6) is 0.462. The van der Waals surface area contributed by atoms with Gasteiger partial charge in [0.15, 0.2) is 0 Å². The zero-order valence-corrected chi connectivity index (χ0v) is 12.2. The topological polar surface area (TPSA) is 42.2 Å². The summed E-state index contributed by atoms with van der Waals surface area (Å²) >= 11 is 5.09. The van der Waals surface area contributed by atoms with Crippen molar-refractivity contribution in [3.63, 3.8) is 0 Å². The number of pyridine rings is 1. The van der Waals surface area contributed by atoms with Gasteiger partial charge in [-0.3, -0.25) is 0 Å². The number of aromatic nitrogens is 1. The van der Waals surface area contributed by atoms with Crippen LogP contribution in [0.15, 0.2) is 36.5 Å². The highest BCUT2D eigenvalue weighted by Gasteiger charge is 2.14. The number of hydrogen-bond acceptors (Lipinski definition) is 3. The molecule has 0 atom stereocenters. The van der Waals surface area contributed by atoms with Crippen LogP contribution < -0.4 is 10.6 Å². The van der Waals surface area contributed by atoms with Gasteiger partial charge in [0.25, 0.3) is 0 Å². The number of hydrogen-bond donors (Lipinski definition) is 1. The molecule has 0 aliphatic carbocycles. The van der Waals surface area contributed by atoms with E-state index in [4.69, 9.17) is 18.0 Å². The predicted molar refractivity (Wildman–Crippen MR) is 83.4 cm³/mol. The molecule has 0 fully saturated rings. The Morgan fingerprint density at radius 3 is 2.80 bits per heavy atom. The van der Waals surface area contributed by atoms with E-state index in [2.05, 4.69) is 4.98 Å². The van der Waals surface area contributed by atoms with Gasteiger partial charge in [-0.05, 0) is 36.2 Å². The summed E-state index contributed by atoms with van der Waals surface area (Å²) in [5, 5.41) is 0. The molecule has 0 radical (unpaired) electrons. The summed E-state index contributed by atoms with van der Waals surface area (Å²) in [6, 6.07) is 8.36. The van der Waals surface area contributed by atoms with Crippen LogP contribution in [0.4, 0.5) is 10.2 Å². The molecule has 1 heterocycles. The maximum Gasteiger partial charge on any atom is 0.139 e. The maximum absolute atomic E-state index is 13.2. The van der Waals surface area contributed by atoms with E-state index in [0.29, 0.717) is 17.4 Å². The minimum Gasteiger partial charge on any atom is -0.389 e. The minimum atomic E-state index is -0.248. The number of rotatable bonds is 4. The van der Waals surface area contributed by atoms with Crippen molar-refractivity contribution in [2.24, 2.45) is 5.73 Å². The number of aryl methyl sites for hydroxylation is 1. The normalized spacial score (nSPS) is 10.3. The van der Waals surface area contributed by atoms with Gasteiger partial charge in [0.2, 0.25) is 0 Å². The smallest absolute Gasteiger partial charge is 0.139 e. The molecule has 0 saturated heterocycles. The summed E-state index contributed by atoms with van der Waals surface area (Å²) in [7, 11) is 1.88. The van der Waals surface area contributed by atoms with Crippen molar-refractivity contribution in [2.75, 3.05) is 11.9 Å². The number of nitrogens with zero attached hydrogens (tertiary/aromatic N) is 2. The molecule has 104 valence electrons. The first kappa shape index (κ1) is 14.4. The highest BCUT2D eigenvalue weighted by Crippen LogP contribution is 2.21. The van der Waals surface area contributed by atoms with E-state index >= 15 is 0 Å². The van der Waals surface area contributed by atoms with Crippen LogP contribution in [0.3, 0.4) is 0 Å². The van der Waals surface area contributed by atoms with Crippen LogP contribution in [0.1, 0.15) is 16.7 Å². The molecule has 0 saturated carbocycles. The van der Waals surface area contributed by atoms with Gasteiger partial charge in [0.05, 0.1) is 5.56 Å². The largest absolute Gasteiger partial charge is 0.389 e. The molecule has 1 aromatic carbocycles. The third-order valence-corrected chi connectivity index (χ3v) is 3.26. The van der Waals surface area contributed by atoms with Crippen LogP contribution in [-0.2, 0) is 6.54 Å². The summed E-state index contributed by atoms with van der Waals surface area (Å²) in [4.78, 5) is 6.57. The van der Waals surface area contributed by atoms with E-state index in [1.54, 1.807) is 12.3 Å². The molecule has 2 aromatic rings. The second-order valence-electron chi connectivity index (χ2n) is 4.68. The Bertz CT molecular complexity index is 643. The van der Waals surface area contributed by atoms with Crippen molar-refractivity contribution in [1.29, 1.82) is 0 Å². The Labute approximate surface area is 123 Å². The lowest BCUT2D eigenvalue weighted by Gasteiger charge is -2.22. The van der Waals surface area contributed by atoms with Crippen molar-refractivity contribution in [3.05, 3.63) is 59.0 Å². The molecule has 1 aromatic heterocycles. The van der Waals surface area contributed by atoms with Crippen LogP contribution in [-0.4, -0.2) is 17.0 Å². The Morgan fingerprint density at radius 1 is 1.40 bits per heavy atom. The summed E-state index contributed by atoms with van der Waals surface area (Å²) in [6.45, 7) is 2.47. The Kier molecular flexibility index (Phi) is 4.29. The first-order chi connectivity index (χ1) is 9.49. The van der Waals surface area contributed by atoms with Crippen LogP contribution in [0.5, 0.6) is 0 Å². The number of halogens is 1. The molecule has 0 aliphatic heterocycles. The second kappa shape index (κ2) is 5.96. The molecule has 0 spiro atoms. The highest BCUT2D eigenvalue weighted by atomic mass is 32.1. The van der Waals surface area contributed by atoms with Crippen molar-refractivity contribution in [2.45, 2.75) is 13.5 Å². The van der Waals surface area contributed by atoms with Gasteiger partial charge in [-0.2, -0.15) is 0 Å². The van der Waals surface area contributed by atoms with Crippen LogP contribution in [0.25, 0.3) is 0 Å². The second-order valence-corrected chi connectivity index (χ2v) is 5.12. The average molecular weight is 289 g/mol. The van der Waals surface area contributed by atoms with E-state index in [1.165, 1.54) is 12.1 Å². The molecule has 0 bridgehead atoms. The van der Waals surface area contributed by atoms with Crippen molar-refractivity contribution >= 4 is 23.0 Å². The minimum absolute atomic E-state index is 0.248. The van der Waals surface area contributed by atoms with Gasteiger partial charge in [-0.25, -0.2) is 9.37 Å². The van der Waals surface area contributed by atoms with E-state index < -0.39 is 0 Å². The molecule has 0 amide bonds. The zero-order chi connectivity index (χ0) is 14.7. The molecule has 2 rings (SSSR count). The first-order valence-corrected chi connectivity index (χ1v) is 6.61. The molecule has 20 heavy (non-hydrogen) atoms. The van der Waals surface area contributed by atoms with E-state index in [9.17, 15) is 4.39 Å². The third kappa shape index (κ3) is 3.11. The monoisotopic (exact) mass is 289 g/mol. The number of anilines is 1. The van der Waals surface area contributed by atoms with E-state index in [0.717, 1.165) is 16.7 Å². The summed E-state index contributed by atoms with van der Waals surface area (Å²) in [5.41, 5.74) is 8.39. The molecule has 2 N–H and O–H groups in total. The Morgan fingerprint density at radius 2 is 2.15 bits per heavy atom. The van der Waals surface area contributed by atoms with Gasteiger partial charge < -0.3 is 10.6 Å². The highest BCUT2D eigenvalue weighted by molar-refractivity contribution is 7.80. The fourth-order valence-corrected chi connectivity index (χ4v) is 2.37. The van der Waals surface area contributed by atoms with Gasteiger partial charge in [0.1, 0.15) is 16.6 Å². The zero-order valence-electron chi connectivity index (χ0n) is 11.4. The number of nitrogens with two attached hydrogens (primary N) is 1. The molecule has 0 unspecified atom stereocenters. The average Bonchev–Trinajstić information content (AvgIpc) is 2.37. The number of benzene rings is 1. The van der Waals surface area contributed by atoms with Gasteiger partial charge in [-0.15, -0.1) is 0 Å². The molecule has 3 nitrogen and oxygen atoms in total. The SMILES string of the molecule is Cc1ccnc(N(C)Cc2cccc(F)c2)c1C(N)=S. The molecule has 0 aliphatic rings. The molecular formula is C15H16FN3S. The lowest BCUT2D eigenvalue weighted by molar-refractivity contribution is 0.625.